The lowest BCUT2D eigenvalue weighted by atomic mass is 9.99. The Morgan fingerprint density at radius 1 is 0.956 bits per heavy atom. The molecule has 0 atom stereocenters. The van der Waals surface area contributed by atoms with Crippen LogP contribution in [0.15, 0.2) is 72.8 Å². The van der Waals surface area contributed by atoms with Crippen molar-refractivity contribution in [3.05, 3.63) is 101 Å². The summed E-state index contributed by atoms with van der Waals surface area (Å²) in [5.41, 5.74) is -0.582. The van der Waals surface area contributed by atoms with Gasteiger partial charge in [-0.05, 0) is 61.7 Å². The molecule has 0 bridgehead atoms. The van der Waals surface area contributed by atoms with Crippen molar-refractivity contribution in [3.8, 4) is 16.8 Å². The lowest BCUT2D eigenvalue weighted by Crippen LogP contribution is -2.32. The van der Waals surface area contributed by atoms with Crippen LogP contribution in [0.25, 0.3) is 16.8 Å². The third-order valence-corrected chi connectivity index (χ3v) is 6.98. The minimum atomic E-state index is -4.87. The van der Waals surface area contributed by atoms with Crippen LogP contribution in [0.4, 0.5) is 28.0 Å². The molecule has 0 saturated carbocycles. The smallest absolute Gasteiger partial charge is 0.435 e. The molecule has 45 heavy (non-hydrogen) atoms. The summed E-state index contributed by atoms with van der Waals surface area (Å²) in [6, 6.07) is 17.7. The third-order valence-electron chi connectivity index (χ3n) is 6.30. The first-order valence-electron chi connectivity index (χ1n) is 13.9. The van der Waals surface area contributed by atoms with Crippen LogP contribution in [0.1, 0.15) is 48.1 Å². The number of hydrogen-bond acceptors (Lipinski definition) is 6. The summed E-state index contributed by atoms with van der Waals surface area (Å²) in [4.78, 5) is 25.6. The maximum Gasteiger partial charge on any atom is 0.435 e. The largest absolute Gasteiger partial charge is 0.444 e. The van der Waals surface area contributed by atoms with Crippen molar-refractivity contribution in [2.75, 3.05) is 11.5 Å². The second kappa shape index (κ2) is 14.1. The molecule has 3 aromatic carbocycles. The second-order valence-electron chi connectivity index (χ2n) is 10.9. The highest BCUT2D eigenvalue weighted by Crippen LogP contribution is 2.32. The number of rotatable bonds is 10. The van der Waals surface area contributed by atoms with Gasteiger partial charge >= 0.3 is 12.3 Å². The average Bonchev–Trinajstić information content (AvgIpc) is 3.43. The van der Waals surface area contributed by atoms with Crippen molar-refractivity contribution >= 4 is 27.5 Å². The Hall–Kier alpha value is -4.53. The molecular formula is C31H32F4N4O5Si. The van der Waals surface area contributed by atoms with Gasteiger partial charge in [-0.25, -0.2) is 13.9 Å². The van der Waals surface area contributed by atoms with Gasteiger partial charge in [-0.1, -0.05) is 42.5 Å². The van der Waals surface area contributed by atoms with Crippen LogP contribution in [0.2, 0.25) is 0 Å². The Kier molecular flexibility index (Phi) is 10.4. The topological polar surface area (TPSA) is 115 Å². The molecule has 1 aromatic heterocycles. The zero-order valence-corrected chi connectivity index (χ0v) is 26.2. The molecule has 1 heterocycles. The van der Waals surface area contributed by atoms with Crippen LogP contribution in [0.5, 0.6) is 0 Å². The predicted molar refractivity (Wildman–Crippen MR) is 162 cm³/mol. The first-order valence-corrected chi connectivity index (χ1v) is 15.4. The number of aliphatic hydroxyl groups excluding tert-OH is 1. The lowest BCUT2D eigenvalue weighted by molar-refractivity contribution is -0.141. The fourth-order valence-electron chi connectivity index (χ4n) is 4.38. The van der Waals surface area contributed by atoms with E-state index in [9.17, 15) is 22.8 Å². The Balaban J connectivity index is 1.62. The molecule has 0 aliphatic heterocycles. The third kappa shape index (κ3) is 8.77. The standard InChI is InChI=1S/C31H32F4N4O5Si/c1-30(2,3)44-29(42)36-16-19-8-5-7-11-25(19)39-26(15-27(38-39)31(33,34)35)28(41)37-21-12-13-23(24(32)14-21)22-10-6-4-9-20(22)17-43-45-18-40/h4-15,40H,16-18,45H2,1-3H3,(H,36,42)(H,37,41). The van der Waals surface area contributed by atoms with Crippen molar-refractivity contribution in [3.63, 3.8) is 0 Å². The molecule has 0 saturated heterocycles. The number of nitrogens with one attached hydrogen (secondary N) is 2. The van der Waals surface area contributed by atoms with Crippen LogP contribution < -0.4 is 10.6 Å². The fraction of sp³-hybridized carbons (Fsp3) is 0.258. The SMILES string of the molecule is CC(C)(C)OC(=O)NCc1ccccc1-n1nc(C(F)(F)F)cc1C(=O)Nc1ccc(-c2ccccc2CO[SiH2]CO)c(F)c1. The Bertz CT molecular complexity index is 1670. The zero-order valence-electron chi connectivity index (χ0n) is 24.7. The van der Waals surface area contributed by atoms with Gasteiger partial charge < -0.3 is 24.9 Å². The molecule has 0 aliphatic carbocycles. The Morgan fingerprint density at radius 3 is 2.31 bits per heavy atom. The van der Waals surface area contributed by atoms with E-state index in [4.69, 9.17) is 14.3 Å². The summed E-state index contributed by atoms with van der Waals surface area (Å²) in [5, 5.41) is 17.7. The summed E-state index contributed by atoms with van der Waals surface area (Å²) >= 11 is 0. The molecule has 2 amide bonds. The van der Waals surface area contributed by atoms with Gasteiger partial charge in [0.05, 0.1) is 18.5 Å². The number of hydrogen-bond donors (Lipinski definition) is 3. The lowest BCUT2D eigenvalue weighted by Gasteiger charge is -2.20. The van der Waals surface area contributed by atoms with Crippen LogP contribution in [-0.2, 0) is 28.5 Å². The summed E-state index contributed by atoms with van der Waals surface area (Å²) in [6.07, 6.45) is -5.63. The van der Waals surface area contributed by atoms with Crippen molar-refractivity contribution in [2.45, 2.75) is 45.7 Å². The minimum Gasteiger partial charge on any atom is -0.444 e. The molecule has 0 spiro atoms. The number of anilines is 1. The number of alkyl carbamates (subject to hydrolysis) is 1. The average molecular weight is 645 g/mol. The summed E-state index contributed by atoms with van der Waals surface area (Å²) in [6.45, 7) is 5.12. The maximum absolute atomic E-state index is 15.3. The highest BCUT2D eigenvalue weighted by molar-refractivity contribution is 6.26. The van der Waals surface area contributed by atoms with Crippen molar-refractivity contribution in [1.82, 2.24) is 15.1 Å². The second-order valence-corrected chi connectivity index (χ2v) is 12.2. The van der Waals surface area contributed by atoms with Gasteiger partial charge in [0, 0.05) is 23.9 Å². The molecule has 14 heteroatoms. The van der Waals surface area contributed by atoms with Gasteiger partial charge in [-0.3, -0.25) is 4.79 Å². The van der Waals surface area contributed by atoms with E-state index >= 15 is 4.39 Å². The molecule has 4 aromatic rings. The van der Waals surface area contributed by atoms with E-state index in [1.807, 2.05) is 0 Å². The van der Waals surface area contributed by atoms with E-state index in [1.165, 1.54) is 18.2 Å². The summed E-state index contributed by atoms with van der Waals surface area (Å²) < 4.78 is 68.1. The molecule has 9 nitrogen and oxygen atoms in total. The molecular weight excluding hydrogens is 612 g/mol. The van der Waals surface area contributed by atoms with E-state index in [1.54, 1.807) is 63.2 Å². The van der Waals surface area contributed by atoms with Crippen molar-refractivity contribution in [2.24, 2.45) is 0 Å². The number of ether oxygens (including phenoxy) is 1. The summed E-state index contributed by atoms with van der Waals surface area (Å²) in [7, 11) is -1.11. The van der Waals surface area contributed by atoms with E-state index in [0.29, 0.717) is 22.8 Å². The number of amides is 2. The molecule has 3 N–H and O–H groups in total. The van der Waals surface area contributed by atoms with Crippen LogP contribution in [-0.4, -0.2) is 48.5 Å². The van der Waals surface area contributed by atoms with Crippen molar-refractivity contribution in [1.29, 1.82) is 0 Å². The molecule has 0 unspecified atom stereocenters. The number of carbonyl (C=O) groups is 2. The quantitative estimate of drug-likeness (QED) is 0.119. The maximum atomic E-state index is 15.3. The first kappa shape index (κ1) is 33.4. The van der Waals surface area contributed by atoms with Crippen molar-refractivity contribution < 1.29 is 41.4 Å². The van der Waals surface area contributed by atoms with E-state index in [2.05, 4.69) is 15.7 Å². The Morgan fingerprint density at radius 2 is 1.64 bits per heavy atom. The van der Waals surface area contributed by atoms with Gasteiger partial charge in [-0.2, -0.15) is 18.3 Å². The van der Waals surface area contributed by atoms with Crippen LogP contribution in [0.3, 0.4) is 0 Å². The summed E-state index contributed by atoms with van der Waals surface area (Å²) in [5.74, 6) is -1.65. The van der Waals surface area contributed by atoms with E-state index in [0.717, 1.165) is 10.7 Å². The highest BCUT2D eigenvalue weighted by atomic mass is 28.2. The fourth-order valence-corrected chi connectivity index (χ4v) is 4.87. The number of alkyl halides is 3. The normalized spacial score (nSPS) is 12.0. The number of halogens is 4. The van der Waals surface area contributed by atoms with Crippen LogP contribution >= 0.6 is 0 Å². The predicted octanol–water partition coefficient (Wildman–Crippen LogP) is 5.52. The highest BCUT2D eigenvalue weighted by Gasteiger charge is 2.36. The van der Waals surface area contributed by atoms with Gasteiger partial charge in [-0.15, -0.1) is 0 Å². The monoisotopic (exact) mass is 644 g/mol. The minimum absolute atomic E-state index is 0.00357. The molecule has 0 fully saturated rings. The molecule has 0 aliphatic rings. The van der Waals surface area contributed by atoms with Gasteiger partial charge in [0.2, 0.25) is 0 Å². The number of aromatic nitrogens is 2. The van der Waals surface area contributed by atoms with Gasteiger partial charge in [0.15, 0.2) is 15.5 Å². The number of nitrogens with zero attached hydrogens (tertiary/aromatic N) is 2. The number of aliphatic hydroxyl groups is 1. The van der Waals surface area contributed by atoms with Gasteiger partial charge in [0.1, 0.15) is 17.1 Å². The zero-order chi connectivity index (χ0) is 32.8. The van der Waals surface area contributed by atoms with E-state index < -0.39 is 50.7 Å². The molecule has 0 radical (unpaired) electrons. The Labute approximate surface area is 259 Å². The van der Waals surface area contributed by atoms with E-state index in [-0.39, 0.29) is 36.3 Å². The molecule has 4 rings (SSSR count). The first-order chi connectivity index (χ1) is 21.3. The molecule has 238 valence electrons. The number of para-hydroxylation sites is 1. The number of benzene rings is 3. The number of carbonyl (C=O) groups excluding carboxylic acids is 2. The van der Waals surface area contributed by atoms with Gasteiger partial charge in [0.25, 0.3) is 5.91 Å². The van der Waals surface area contributed by atoms with Crippen LogP contribution in [0, 0.1) is 5.82 Å².